The molecular weight excluding hydrogens is 338 g/mol. The van der Waals surface area contributed by atoms with Crippen molar-refractivity contribution in [3.63, 3.8) is 0 Å². The quantitative estimate of drug-likeness (QED) is 0.740. The van der Waals surface area contributed by atoms with Gasteiger partial charge in [-0.3, -0.25) is 9.59 Å². The second-order valence-corrected chi connectivity index (χ2v) is 8.37. The Labute approximate surface area is 163 Å². The number of rotatable bonds is 7. The summed E-state index contributed by atoms with van der Waals surface area (Å²) in [7, 11) is 3.96. The molecule has 1 aliphatic carbocycles. The molecule has 0 spiro atoms. The Hall–Kier alpha value is -1.88. The summed E-state index contributed by atoms with van der Waals surface area (Å²) < 4.78 is 0. The third kappa shape index (κ3) is 5.55. The monoisotopic (exact) mass is 371 g/mol. The highest BCUT2D eigenvalue weighted by Crippen LogP contribution is 2.44. The average molecular weight is 372 g/mol. The maximum Gasteiger partial charge on any atom is 0.223 e. The molecule has 2 amide bonds. The summed E-state index contributed by atoms with van der Waals surface area (Å²) in [6, 6.07) is 8.67. The molecule has 1 aromatic carbocycles. The lowest BCUT2D eigenvalue weighted by atomic mass is 9.90. The zero-order valence-corrected chi connectivity index (χ0v) is 17.0. The number of aryl methyl sites for hydroxylation is 1. The standard InChI is InChI=1S/C22H33N3O2/c1-17-4-6-18(7-5-17)20(19-8-9-19)16-22(27)25-14-12-24(13-15-25)21(26)10-11-23(2)3/h4-7,19-20H,8-16H2,1-3H3. The highest BCUT2D eigenvalue weighted by atomic mass is 16.2. The fourth-order valence-corrected chi connectivity index (χ4v) is 3.87. The number of carbonyl (C=O) groups is 2. The third-order valence-corrected chi connectivity index (χ3v) is 5.85. The van der Waals surface area contributed by atoms with Gasteiger partial charge in [0.2, 0.25) is 11.8 Å². The molecule has 2 aliphatic rings. The lowest BCUT2D eigenvalue weighted by Gasteiger charge is -2.35. The Kier molecular flexibility index (Phi) is 6.53. The van der Waals surface area contributed by atoms with Gasteiger partial charge < -0.3 is 14.7 Å². The first-order valence-corrected chi connectivity index (χ1v) is 10.2. The zero-order valence-electron chi connectivity index (χ0n) is 17.0. The van der Waals surface area contributed by atoms with Crippen molar-refractivity contribution in [2.24, 2.45) is 5.92 Å². The molecule has 1 aromatic rings. The first-order valence-electron chi connectivity index (χ1n) is 10.2. The van der Waals surface area contributed by atoms with Crippen LogP contribution in [-0.2, 0) is 9.59 Å². The van der Waals surface area contributed by atoms with Crippen LogP contribution in [0.2, 0.25) is 0 Å². The number of carbonyl (C=O) groups excluding carboxylic acids is 2. The highest BCUT2D eigenvalue weighted by molar-refractivity contribution is 5.79. The van der Waals surface area contributed by atoms with Crippen LogP contribution < -0.4 is 0 Å². The minimum atomic E-state index is 0.200. The van der Waals surface area contributed by atoms with E-state index in [4.69, 9.17) is 0 Å². The Morgan fingerprint density at radius 3 is 2.07 bits per heavy atom. The second kappa shape index (κ2) is 8.87. The van der Waals surface area contributed by atoms with E-state index in [1.54, 1.807) is 0 Å². The van der Waals surface area contributed by atoms with Gasteiger partial charge in [-0.05, 0) is 51.3 Å². The zero-order chi connectivity index (χ0) is 19.4. The molecule has 148 valence electrons. The van der Waals surface area contributed by atoms with Crippen LogP contribution in [-0.4, -0.2) is 73.3 Å². The van der Waals surface area contributed by atoms with E-state index in [2.05, 4.69) is 31.2 Å². The van der Waals surface area contributed by atoms with E-state index in [9.17, 15) is 9.59 Å². The number of nitrogens with zero attached hydrogens (tertiary/aromatic N) is 3. The van der Waals surface area contributed by atoms with Gasteiger partial charge in [0.05, 0.1) is 0 Å². The molecule has 5 nitrogen and oxygen atoms in total. The van der Waals surface area contributed by atoms with E-state index in [0.29, 0.717) is 50.9 Å². The van der Waals surface area contributed by atoms with Crippen molar-refractivity contribution < 1.29 is 9.59 Å². The number of benzene rings is 1. The van der Waals surface area contributed by atoms with Crippen molar-refractivity contribution in [2.75, 3.05) is 46.8 Å². The number of amides is 2. The molecule has 1 atom stereocenters. The first-order chi connectivity index (χ1) is 12.9. The Bertz CT molecular complexity index is 644. The van der Waals surface area contributed by atoms with E-state index in [1.165, 1.54) is 24.0 Å². The molecule has 0 bridgehead atoms. The second-order valence-electron chi connectivity index (χ2n) is 8.37. The highest BCUT2D eigenvalue weighted by Gasteiger charge is 2.35. The lowest BCUT2D eigenvalue weighted by molar-refractivity contribution is -0.140. The van der Waals surface area contributed by atoms with E-state index < -0.39 is 0 Å². The maximum atomic E-state index is 12.9. The largest absolute Gasteiger partial charge is 0.339 e. The minimum absolute atomic E-state index is 0.200. The average Bonchev–Trinajstić information content (AvgIpc) is 3.50. The van der Waals surface area contributed by atoms with Gasteiger partial charge in [-0.1, -0.05) is 29.8 Å². The molecule has 0 radical (unpaired) electrons. The van der Waals surface area contributed by atoms with Crippen LogP contribution in [0, 0.1) is 12.8 Å². The molecule has 3 rings (SSSR count). The fourth-order valence-electron chi connectivity index (χ4n) is 3.87. The SMILES string of the molecule is Cc1ccc(C(CC(=O)N2CCN(C(=O)CCN(C)C)CC2)C2CC2)cc1. The molecule has 1 unspecified atom stereocenters. The van der Waals surface area contributed by atoms with Crippen LogP contribution in [0.4, 0.5) is 0 Å². The molecule has 2 fully saturated rings. The van der Waals surface area contributed by atoms with Crippen LogP contribution in [0.15, 0.2) is 24.3 Å². The molecule has 1 saturated heterocycles. The molecule has 0 N–H and O–H groups in total. The summed E-state index contributed by atoms with van der Waals surface area (Å²) in [5.41, 5.74) is 2.56. The lowest BCUT2D eigenvalue weighted by Crippen LogP contribution is -2.51. The summed E-state index contributed by atoms with van der Waals surface area (Å²) in [5.74, 6) is 1.45. The normalized spacial score (nSPS) is 18.7. The van der Waals surface area contributed by atoms with Gasteiger partial charge in [-0.15, -0.1) is 0 Å². The fraction of sp³-hybridized carbons (Fsp3) is 0.636. The molecule has 1 heterocycles. The Balaban J connectivity index is 1.51. The summed E-state index contributed by atoms with van der Waals surface area (Å²) >= 11 is 0. The summed E-state index contributed by atoms with van der Waals surface area (Å²) in [6.45, 7) is 5.53. The Morgan fingerprint density at radius 1 is 1.00 bits per heavy atom. The molecule has 1 aliphatic heterocycles. The molecule has 0 aromatic heterocycles. The van der Waals surface area contributed by atoms with Gasteiger partial charge in [0.15, 0.2) is 0 Å². The van der Waals surface area contributed by atoms with E-state index in [0.717, 1.165) is 6.54 Å². The van der Waals surface area contributed by atoms with Crippen LogP contribution in [0.25, 0.3) is 0 Å². The summed E-state index contributed by atoms with van der Waals surface area (Å²) in [6.07, 6.45) is 3.63. The van der Waals surface area contributed by atoms with Crippen molar-refractivity contribution in [1.82, 2.24) is 14.7 Å². The number of hydrogen-bond acceptors (Lipinski definition) is 3. The molecule has 1 saturated carbocycles. The van der Waals surface area contributed by atoms with Crippen molar-refractivity contribution in [3.05, 3.63) is 35.4 Å². The van der Waals surface area contributed by atoms with Gasteiger partial charge >= 0.3 is 0 Å². The smallest absolute Gasteiger partial charge is 0.223 e. The first kappa shape index (κ1) is 19.9. The topological polar surface area (TPSA) is 43.9 Å². The van der Waals surface area contributed by atoms with Gasteiger partial charge in [-0.25, -0.2) is 0 Å². The van der Waals surface area contributed by atoms with Gasteiger partial charge in [0, 0.05) is 45.6 Å². The van der Waals surface area contributed by atoms with Crippen molar-refractivity contribution in [2.45, 2.75) is 38.5 Å². The minimum Gasteiger partial charge on any atom is -0.339 e. The van der Waals surface area contributed by atoms with Crippen LogP contribution in [0.1, 0.15) is 42.7 Å². The van der Waals surface area contributed by atoms with Gasteiger partial charge in [0.25, 0.3) is 0 Å². The summed E-state index contributed by atoms with van der Waals surface area (Å²) in [4.78, 5) is 31.0. The molecule has 5 heteroatoms. The summed E-state index contributed by atoms with van der Waals surface area (Å²) in [5, 5.41) is 0. The number of piperazine rings is 1. The van der Waals surface area contributed by atoms with Crippen LogP contribution >= 0.6 is 0 Å². The number of hydrogen-bond donors (Lipinski definition) is 0. The molecular formula is C22H33N3O2. The van der Waals surface area contributed by atoms with E-state index in [-0.39, 0.29) is 11.8 Å². The van der Waals surface area contributed by atoms with E-state index >= 15 is 0 Å². The predicted molar refractivity (Wildman–Crippen MR) is 108 cm³/mol. The maximum absolute atomic E-state index is 12.9. The van der Waals surface area contributed by atoms with E-state index in [1.807, 2.05) is 28.8 Å². The van der Waals surface area contributed by atoms with Crippen molar-refractivity contribution in [1.29, 1.82) is 0 Å². The third-order valence-electron chi connectivity index (χ3n) is 5.85. The molecule has 27 heavy (non-hydrogen) atoms. The van der Waals surface area contributed by atoms with Gasteiger partial charge in [-0.2, -0.15) is 0 Å². The Morgan fingerprint density at radius 2 is 1.56 bits per heavy atom. The van der Waals surface area contributed by atoms with Crippen LogP contribution in [0.3, 0.4) is 0 Å². The van der Waals surface area contributed by atoms with Crippen molar-refractivity contribution >= 4 is 11.8 Å². The van der Waals surface area contributed by atoms with Crippen LogP contribution in [0.5, 0.6) is 0 Å². The van der Waals surface area contributed by atoms with Gasteiger partial charge in [0.1, 0.15) is 0 Å². The predicted octanol–water partition coefficient (Wildman–Crippen LogP) is 2.50. The van der Waals surface area contributed by atoms with Crippen molar-refractivity contribution in [3.8, 4) is 0 Å².